The molecule has 1 atom stereocenters. The fourth-order valence-corrected chi connectivity index (χ4v) is 2.09. The second kappa shape index (κ2) is 5.41. The van der Waals surface area contributed by atoms with Gasteiger partial charge in [-0.15, -0.1) is 0 Å². The van der Waals surface area contributed by atoms with Gasteiger partial charge < -0.3 is 20.4 Å². The number of nitrogens with one attached hydrogen (secondary N) is 2. The molecule has 0 radical (unpaired) electrons. The predicted molar refractivity (Wildman–Crippen MR) is 77.7 cm³/mol. The highest BCUT2D eigenvalue weighted by atomic mass is 19.1. The summed E-state index contributed by atoms with van der Waals surface area (Å²) in [7, 11) is 0. The number of hydrogen-bond acceptors (Lipinski definition) is 3. The van der Waals surface area contributed by atoms with Gasteiger partial charge in [-0.1, -0.05) is 12.1 Å². The van der Waals surface area contributed by atoms with Crippen molar-refractivity contribution < 1.29 is 9.13 Å². The fraction of sp³-hybridized carbons (Fsp3) is 0.133. The van der Waals surface area contributed by atoms with Crippen molar-refractivity contribution in [1.82, 2.24) is 9.97 Å². The molecule has 3 aromatic rings. The Bertz CT molecular complexity index is 808. The number of H-pyrrole nitrogens is 2. The van der Waals surface area contributed by atoms with Crippen LogP contribution in [0.3, 0.4) is 0 Å². The van der Waals surface area contributed by atoms with Gasteiger partial charge in [0, 0.05) is 6.07 Å². The summed E-state index contributed by atoms with van der Waals surface area (Å²) in [6, 6.07) is 10.9. The molecule has 0 saturated heterocycles. The molecule has 0 spiro atoms. The number of ether oxygens (including phenoxy) is 1. The Morgan fingerprint density at radius 2 is 1.81 bits per heavy atom. The molecule has 1 unspecified atom stereocenters. The first-order valence-corrected chi connectivity index (χ1v) is 6.48. The van der Waals surface area contributed by atoms with Crippen molar-refractivity contribution in [1.29, 1.82) is 0 Å². The minimum Gasteiger partial charge on any atom is -0.492 e. The smallest absolute Gasteiger partial charge is 0.323 e. The zero-order valence-corrected chi connectivity index (χ0v) is 11.1. The molecule has 108 valence electrons. The summed E-state index contributed by atoms with van der Waals surface area (Å²) in [5.74, 6) is 0.309. The number of nitrogens with two attached hydrogens (primary N) is 1. The maximum atomic E-state index is 12.8. The van der Waals surface area contributed by atoms with Gasteiger partial charge in [0.05, 0.1) is 17.1 Å². The molecule has 21 heavy (non-hydrogen) atoms. The van der Waals surface area contributed by atoms with Gasteiger partial charge in [-0.05, 0) is 29.8 Å². The molecular weight excluding hydrogens is 273 g/mol. The molecule has 0 bridgehead atoms. The number of fused-ring (bicyclic) bond motifs is 1. The maximum absolute atomic E-state index is 12.8. The molecule has 1 aromatic heterocycles. The average molecular weight is 287 g/mol. The topological polar surface area (TPSA) is 83.9 Å². The third kappa shape index (κ3) is 2.95. The van der Waals surface area contributed by atoms with Crippen LogP contribution in [0.2, 0.25) is 0 Å². The standard InChI is InChI=1S/C15H14FN3O2/c16-10-3-1-9(2-4-10)12(17)8-21-11-5-6-13-14(7-11)19-15(20)18-13/h1-7,12H,8,17H2,(H2,18,19,20). The number of aromatic amines is 2. The third-order valence-electron chi connectivity index (χ3n) is 3.22. The highest BCUT2D eigenvalue weighted by molar-refractivity contribution is 5.75. The fourth-order valence-electron chi connectivity index (χ4n) is 2.09. The van der Waals surface area contributed by atoms with Gasteiger partial charge in [-0.3, -0.25) is 0 Å². The van der Waals surface area contributed by atoms with Gasteiger partial charge in [0.2, 0.25) is 0 Å². The highest BCUT2D eigenvalue weighted by Crippen LogP contribution is 2.19. The molecule has 1 heterocycles. The van der Waals surface area contributed by atoms with E-state index in [0.29, 0.717) is 11.3 Å². The first-order valence-electron chi connectivity index (χ1n) is 6.48. The van der Waals surface area contributed by atoms with Crippen LogP contribution in [0.4, 0.5) is 4.39 Å². The summed E-state index contributed by atoms with van der Waals surface area (Å²) >= 11 is 0. The molecule has 3 rings (SSSR count). The zero-order valence-electron chi connectivity index (χ0n) is 11.1. The Balaban J connectivity index is 1.70. The zero-order chi connectivity index (χ0) is 14.8. The number of imidazole rings is 1. The Kier molecular flexibility index (Phi) is 3.45. The number of rotatable bonds is 4. The molecule has 0 fully saturated rings. The number of hydrogen-bond donors (Lipinski definition) is 3. The van der Waals surface area contributed by atoms with Crippen LogP contribution in [0.5, 0.6) is 5.75 Å². The van der Waals surface area contributed by atoms with Crippen LogP contribution in [0.25, 0.3) is 11.0 Å². The first-order chi connectivity index (χ1) is 10.1. The lowest BCUT2D eigenvalue weighted by atomic mass is 10.1. The summed E-state index contributed by atoms with van der Waals surface area (Å²) in [5, 5.41) is 0. The van der Waals surface area contributed by atoms with E-state index in [1.165, 1.54) is 12.1 Å². The van der Waals surface area contributed by atoms with Crippen LogP contribution < -0.4 is 16.2 Å². The van der Waals surface area contributed by atoms with E-state index in [4.69, 9.17) is 10.5 Å². The molecule has 4 N–H and O–H groups in total. The van der Waals surface area contributed by atoms with E-state index in [0.717, 1.165) is 11.1 Å². The Hall–Kier alpha value is -2.60. The van der Waals surface area contributed by atoms with E-state index < -0.39 is 0 Å². The molecule has 2 aromatic carbocycles. The molecule has 5 nitrogen and oxygen atoms in total. The second-order valence-corrected chi connectivity index (χ2v) is 4.76. The minimum absolute atomic E-state index is 0.256. The quantitative estimate of drug-likeness (QED) is 0.687. The first kappa shape index (κ1) is 13.4. The molecule has 0 aliphatic carbocycles. The van der Waals surface area contributed by atoms with Gasteiger partial charge in [-0.25, -0.2) is 9.18 Å². The Morgan fingerprint density at radius 1 is 1.10 bits per heavy atom. The van der Waals surface area contributed by atoms with Crippen LogP contribution in [0.1, 0.15) is 11.6 Å². The lowest BCUT2D eigenvalue weighted by Gasteiger charge is -2.13. The molecule has 0 saturated carbocycles. The van der Waals surface area contributed by atoms with E-state index in [2.05, 4.69) is 9.97 Å². The van der Waals surface area contributed by atoms with Gasteiger partial charge in [0.1, 0.15) is 18.2 Å². The molecule has 0 aliphatic rings. The molecule has 0 amide bonds. The van der Waals surface area contributed by atoms with Crippen molar-refractivity contribution in [2.45, 2.75) is 6.04 Å². The SMILES string of the molecule is NC(COc1ccc2[nH]c(=O)[nH]c2c1)c1ccc(F)cc1. The van der Waals surface area contributed by atoms with Crippen LogP contribution >= 0.6 is 0 Å². The highest BCUT2D eigenvalue weighted by Gasteiger charge is 2.08. The molecule has 6 heteroatoms. The average Bonchev–Trinajstić information content (AvgIpc) is 2.84. The van der Waals surface area contributed by atoms with Gasteiger partial charge >= 0.3 is 5.69 Å². The van der Waals surface area contributed by atoms with Crippen molar-refractivity contribution in [3.8, 4) is 5.75 Å². The van der Waals surface area contributed by atoms with Crippen LogP contribution in [0, 0.1) is 5.82 Å². The van der Waals surface area contributed by atoms with Crippen LogP contribution in [-0.2, 0) is 0 Å². The van der Waals surface area contributed by atoms with Gasteiger partial charge in [0.15, 0.2) is 0 Å². The van der Waals surface area contributed by atoms with Crippen molar-refractivity contribution >= 4 is 11.0 Å². The number of halogens is 1. The van der Waals surface area contributed by atoms with E-state index >= 15 is 0 Å². The molecular formula is C15H14FN3O2. The van der Waals surface area contributed by atoms with Crippen LogP contribution in [0.15, 0.2) is 47.3 Å². The lowest BCUT2D eigenvalue weighted by molar-refractivity contribution is 0.291. The third-order valence-corrected chi connectivity index (χ3v) is 3.22. The van der Waals surface area contributed by atoms with Crippen LogP contribution in [-0.4, -0.2) is 16.6 Å². The summed E-state index contributed by atoms with van der Waals surface area (Å²) in [6.07, 6.45) is 0. The summed E-state index contributed by atoms with van der Waals surface area (Å²) < 4.78 is 18.5. The predicted octanol–water partition coefficient (Wildman–Crippen LogP) is 2.07. The van der Waals surface area contributed by atoms with Crippen molar-refractivity contribution in [3.63, 3.8) is 0 Å². The van der Waals surface area contributed by atoms with Crippen molar-refractivity contribution in [2.75, 3.05) is 6.61 Å². The van der Waals surface area contributed by atoms with E-state index in [1.54, 1.807) is 30.3 Å². The normalized spacial score (nSPS) is 12.5. The number of benzene rings is 2. The Morgan fingerprint density at radius 3 is 2.57 bits per heavy atom. The largest absolute Gasteiger partial charge is 0.492 e. The lowest BCUT2D eigenvalue weighted by Crippen LogP contribution is -2.18. The van der Waals surface area contributed by atoms with Gasteiger partial charge in [0.25, 0.3) is 0 Å². The van der Waals surface area contributed by atoms with E-state index in [9.17, 15) is 9.18 Å². The molecule has 0 aliphatic heterocycles. The van der Waals surface area contributed by atoms with Crippen molar-refractivity contribution in [3.05, 3.63) is 64.3 Å². The minimum atomic E-state index is -0.355. The van der Waals surface area contributed by atoms with Crippen molar-refractivity contribution in [2.24, 2.45) is 5.73 Å². The summed E-state index contributed by atoms with van der Waals surface area (Å²) in [4.78, 5) is 16.5. The van der Waals surface area contributed by atoms with Gasteiger partial charge in [-0.2, -0.15) is 0 Å². The van der Waals surface area contributed by atoms with E-state index in [-0.39, 0.29) is 24.2 Å². The maximum Gasteiger partial charge on any atom is 0.323 e. The van der Waals surface area contributed by atoms with E-state index in [1.807, 2.05) is 0 Å². The summed E-state index contributed by atoms with van der Waals surface area (Å²) in [6.45, 7) is 0.256. The monoisotopic (exact) mass is 287 g/mol. The second-order valence-electron chi connectivity index (χ2n) is 4.76. The number of aromatic nitrogens is 2. The summed E-state index contributed by atoms with van der Waals surface area (Å²) in [5.41, 5.74) is 7.93. The Labute approximate surface area is 119 Å².